The van der Waals surface area contributed by atoms with E-state index in [-0.39, 0.29) is 5.69 Å². The molecule has 0 aliphatic carbocycles. The van der Waals surface area contributed by atoms with Gasteiger partial charge in [-0.2, -0.15) is 0 Å². The lowest BCUT2D eigenvalue weighted by molar-refractivity contribution is -0.385. The second kappa shape index (κ2) is 5.43. The molecule has 0 spiro atoms. The van der Waals surface area contributed by atoms with Crippen LogP contribution in [0.5, 0.6) is 0 Å². The first-order valence-corrected chi connectivity index (χ1v) is 6.72. The van der Waals surface area contributed by atoms with Crippen molar-refractivity contribution in [2.45, 2.75) is 0 Å². The molecule has 0 radical (unpaired) electrons. The van der Waals surface area contributed by atoms with Crippen LogP contribution in [0.25, 0.3) is 0 Å². The number of nitro benzene ring substituents is 1. The number of nitrogens with zero attached hydrogens (tertiary/aromatic N) is 3. The molecular formula is C14H15FN4O2. The van der Waals surface area contributed by atoms with Crippen molar-refractivity contribution in [3.05, 3.63) is 52.6 Å². The average molecular weight is 290 g/mol. The quantitative estimate of drug-likeness (QED) is 0.696. The molecule has 3 rings (SSSR count). The number of nitrogens with one attached hydrogen (secondary N) is 1. The molecule has 110 valence electrons. The molecule has 2 aromatic rings. The summed E-state index contributed by atoms with van der Waals surface area (Å²) in [6.07, 6.45) is 3.81. The molecule has 1 aliphatic heterocycles. The lowest BCUT2D eigenvalue weighted by atomic mass is 10.2. The molecule has 7 heteroatoms. The maximum absolute atomic E-state index is 14.0. The molecule has 1 aliphatic rings. The highest BCUT2D eigenvalue weighted by molar-refractivity contribution is 5.54. The molecule has 1 aromatic carbocycles. The molecule has 1 fully saturated rings. The molecule has 6 nitrogen and oxygen atoms in total. The van der Waals surface area contributed by atoms with Crippen molar-refractivity contribution in [2.75, 3.05) is 36.0 Å². The number of halogens is 1. The zero-order valence-corrected chi connectivity index (χ0v) is 11.3. The van der Waals surface area contributed by atoms with Gasteiger partial charge < -0.3 is 14.8 Å². The summed E-state index contributed by atoms with van der Waals surface area (Å²) in [7, 11) is 0. The molecule has 0 bridgehead atoms. The summed E-state index contributed by atoms with van der Waals surface area (Å²) in [6, 6.07) is 5.81. The Bertz CT molecular complexity index is 636. The Labute approximate surface area is 120 Å². The zero-order valence-electron chi connectivity index (χ0n) is 11.3. The third-order valence-corrected chi connectivity index (χ3v) is 3.71. The Hall–Kier alpha value is -2.57. The number of H-pyrrole nitrogens is 1. The van der Waals surface area contributed by atoms with Crippen LogP contribution in [0.2, 0.25) is 0 Å². The number of hydrogen-bond acceptors (Lipinski definition) is 4. The predicted octanol–water partition coefficient (Wildman–Crippen LogP) is 2.39. The van der Waals surface area contributed by atoms with Gasteiger partial charge in [0.15, 0.2) is 5.82 Å². The number of aromatic amines is 1. The highest BCUT2D eigenvalue weighted by Gasteiger charge is 2.21. The molecule has 0 saturated carbocycles. The molecular weight excluding hydrogens is 275 g/mol. The van der Waals surface area contributed by atoms with E-state index < -0.39 is 10.7 Å². The average Bonchev–Trinajstić information content (AvgIpc) is 3.01. The van der Waals surface area contributed by atoms with Crippen molar-refractivity contribution in [2.24, 2.45) is 0 Å². The summed E-state index contributed by atoms with van der Waals surface area (Å²) in [4.78, 5) is 17.2. The summed E-state index contributed by atoms with van der Waals surface area (Å²) in [5.41, 5.74) is 1.33. The molecule has 1 saturated heterocycles. The monoisotopic (exact) mass is 290 g/mol. The Morgan fingerprint density at radius 2 is 1.86 bits per heavy atom. The van der Waals surface area contributed by atoms with Crippen molar-refractivity contribution in [1.29, 1.82) is 0 Å². The Kier molecular flexibility index (Phi) is 3.47. The molecule has 2 heterocycles. The number of non-ortho nitro benzene ring substituents is 1. The third-order valence-electron chi connectivity index (χ3n) is 3.71. The van der Waals surface area contributed by atoms with E-state index in [1.807, 2.05) is 23.4 Å². The zero-order chi connectivity index (χ0) is 14.8. The first-order valence-electron chi connectivity index (χ1n) is 6.72. The van der Waals surface area contributed by atoms with Gasteiger partial charge in [0, 0.05) is 44.6 Å². The van der Waals surface area contributed by atoms with Gasteiger partial charge in [0.05, 0.1) is 22.4 Å². The molecule has 1 N–H and O–H groups in total. The SMILES string of the molecule is O=[N+]([O-])c1ccc(N2CCN(c3cc[nH]c3)CC2)c(F)c1. The lowest BCUT2D eigenvalue weighted by Crippen LogP contribution is -2.46. The Morgan fingerprint density at radius 3 is 2.43 bits per heavy atom. The van der Waals surface area contributed by atoms with Crippen molar-refractivity contribution < 1.29 is 9.31 Å². The second-order valence-electron chi connectivity index (χ2n) is 4.94. The van der Waals surface area contributed by atoms with Gasteiger partial charge in [0.25, 0.3) is 5.69 Å². The largest absolute Gasteiger partial charge is 0.367 e. The van der Waals surface area contributed by atoms with E-state index in [4.69, 9.17) is 0 Å². The smallest absolute Gasteiger partial charge is 0.272 e. The van der Waals surface area contributed by atoms with Crippen LogP contribution in [-0.4, -0.2) is 36.1 Å². The van der Waals surface area contributed by atoms with Crippen LogP contribution in [0.1, 0.15) is 0 Å². The standard InChI is InChI=1S/C14H15FN4O2/c15-13-9-11(19(20)21)1-2-14(13)18-7-5-17(6-8-18)12-3-4-16-10-12/h1-4,9-10,16H,5-8H2. The first-order chi connectivity index (χ1) is 10.1. The normalized spacial score (nSPS) is 15.3. The minimum absolute atomic E-state index is 0.220. The number of rotatable bonds is 3. The van der Waals surface area contributed by atoms with Gasteiger partial charge in [-0.25, -0.2) is 4.39 Å². The van der Waals surface area contributed by atoms with E-state index in [0.717, 1.165) is 24.8 Å². The van der Waals surface area contributed by atoms with Crippen LogP contribution in [0, 0.1) is 15.9 Å². The number of anilines is 2. The fourth-order valence-corrected chi connectivity index (χ4v) is 2.58. The van der Waals surface area contributed by atoms with Crippen molar-refractivity contribution in [3.63, 3.8) is 0 Å². The number of aromatic nitrogens is 1. The van der Waals surface area contributed by atoms with Gasteiger partial charge in [-0.1, -0.05) is 0 Å². The summed E-state index contributed by atoms with van der Waals surface area (Å²) < 4.78 is 14.0. The fraction of sp³-hybridized carbons (Fsp3) is 0.286. The lowest BCUT2D eigenvalue weighted by Gasteiger charge is -2.36. The molecule has 0 atom stereocenters. The first kappa shape index (κ1) is 13.4. The molecule has 0 amide bonds. The van der Waals surface area contributed by atoms with Crippen molar-refractivity contribution in [3.8, 4) is 0 Å². The molecule has 21 heavy (non-hydrogen) atoms. The van der Waals surface area contributed by atoms with E-state index in [0.29, 0.717) is 18.8 Å². The van der Waals surface area contributed by atoms with E-state index >= 15 is 0 Å². The van der Waals surface area contributed by atoms with Crippen LogP contribution < -0.4 is 9.80 Å². The number of nitro groups is 1. The topological polar surface area (TPSA) is 65.4 Å². The van der Waals surface area contributed by atoms with Gasteiger partial charge in [0.2, 0.25) is 0 Å². The van der Waals surface area contributed by atoms with Crippen LogP contribution in [0.15, 0.2) is 36.7 Å². The highest BCUT2D eigenvalue weighted by atomic mass is 19.1. The summed E-state index contributed by atoms with van der Waals surface area (Å²) >= 11 is 0. The van der Waals surface area contributed by atoms with Crippen LogP contribution in [0.3, 0.4) is 0 Å². The number of hydrogen-bond donors (Lipinski definition) is 1. The van der Waals surface area contributed by atoms with Gasteiger partial charge in [0.1, 0.15) is 0 Å². The number of benzene rings is 1. The van der Waals surface area contributed by atoms with Gasteiger partial charge in [-0.15, -0.1) is 0 Å². The van der Waals surface area contributed by atoms with Gasteiger partial charge in [-0.05, 0) is 12.1 Å². The van der Waals surface area contributed by atoms with Crippen molar-refractivity contribution in [1.82, 2.24) is 4.98 Å². The molecule has 1 aromatic heterocycles. The summed E-state index contributed by atoms with van der Waals surface area (Å²) in [6.45, 7) is 2.93. The Morgan fingerprint density at radius 1 is 1.14 bits per heavy atom. The van der Waals surface area contributed by atoms with E-state index in [1.54, 1.807) is 0 Å². The second-order valence-corrected chi connectivity index (χ2v) is 4.94. The number of piperazine rings is 1. The Balaban J connectivity index is 1.71. The maximum atomic E-state index is 14.0. The predicted molar refractivity (Wildman–Crippen MR) is 78.3 cm³/mol. The van der Waals surface area contributed by atoms with Crippen molar-refractivity contribution >= 4 is 17.1 Å². The van der Waals surface area contributed by atoms with E-state index in [9.17, 15) is 14.5 Å². The van der Waals surface area contributed by atoms with Crippen LogP contribution in [-0.2, 0) is 0 Å². The van der Waals surface area contributed by atoms with Gasteiger partial charge in [-0.3, -0.25) is 10.1 Å². The fourth-order valence-electron chi connectivity index (χ4n) is 2.58. The minimum Gasteiger partial charge on any atom is -0.367 e. The maximum Gasteiger partial charge on any atom is 0.272 e. The van der Waals surface area contributed by atoms with E-state index in [2.05, 4.69) is 9.88 Å². The van der Waals surface area contributed by atoms with Crippen LogP contribution >= 0.6 is 0 Å². The van der Waals surface area contributed by atoms with E-state index in [1.165, 1.54) is 12.1 Å². The van der Waals surface area contributed by atoms with Crippen LogP contribution in [0.4, 0.5) is 21.5 Å². The van der Waals surface area contributed by atoms with Gasteiger partial charge >= 0.3 is 0 Å². The summed E-state index contributed by atoms with van der Waals surface area (Å²) in [5.74, 6) is -0.542. The minimum atomic E-state index is -0.587. The highest BCUT2D eigenvalue weighted by Crippen LogP contribution is 2.26. The third kappa shape index (κ3) is 2.67. The summed E-state index contributed by atoms with van der Waals surface area (Å²) in [5, 5.41) is 10.6. The molecule has 0 unspecified atom stereocenters.